The minimum absolute atomic E-state index is 0.671. The van der Waals surface area contributed by atoms with E-state index < -0.39 is 0 Å². The minimum atomic E-state index is 0.671. The Bertz CT molecular complexity index is 371. The van der Waals surface area contributed by atoms with Crippen molar-refractivity contribution in [1.82, 2.24) is 5.32 Å². The fourth-order valence-corrected chi connectivity index (χ4v) is 3.37. The molecule has 0 aliphatic rings. The molecule has 0 aromatic heterocycles. The van der Waals surface area contributed by atoms with Crippen LogP contribution in [0.5, 0.6) is 5.75 Å². The van der Waals surface area contributed by atoms with Gasteiger partial charge in [-0.15, -0.1) is 0 Å². The van der Waals surface area contributed by atoms with Crippen molar-refractivity contribution < 1.29 is 4.74 Å². The summed E-state index contributed by atoms with van der Waals surface area (Å²) >= 11 is 7.12. The Morgan fingerprint density at radius 3 is 2.37 bits per heavy atom. The third-order valence-corrected chi connectivity index (χ3v) is 3.99. The van der Waals surface area contributed by atoms with Crippen LogP contribution >= 0.6 is 31.9 Å². The lowest BCUT2D eigenvalue weighted by atomic mass is 10.1. The van der Waals surface area contributed by atoms with Crippen LogP contribution in [0.2, 0.25) is 0 Å². The maximum absolute atomic E-state index is 5.58. The van der Waals surface area contributed by atoms with Crippen molar-refractivity contribution >= 4 is 31.9 Å². The molecule has 1 aromatic carbocycles. The summed E-state index contributed by atoms with van der Waals surface area (Å²) in [5, 5.41) is 3.48. The second kappa shape index (κ2) is 8.98. The van der Waals surface area contributed by atoms with Gasteiger partial charge in [0, 0.05) is 6.54 Å². The van der Waals surface area contributed by atoms with Gasteiger partial charge in [0.1, 0.15) is 5.75 Å². The van der Waals surface area contributed by atoms with E-state index in [1.54, 1.807) is 0 Å². The van der Waals surface area contributed by atoms with Crippen LogP contribution in [0.15, 0.2) is 21.1 Å². The van der Waals surface area contributed by atoms with E-state index in [4.69, 9.17) is 4.74 Å². The highest BCUT2D eigenvalue weighted by atomic mass is 79.9. The van der Waals surface area contributed by atoms with Gasteiger partial charge in [-0.3, -0.25) is 0 Å². The molecule has 2 nitrogen and oxygen atoms in total. The first-order chi connectivity index (χ1) is 9.04. The Morgan fingerprint density at radius 2 is 1.84 bits per heavy atom. The Labute approximate surface area is 133 Å². The molecule has 0 fully saturated rings. The molecular weight excluding hydrogens is 370 g/mol. The fraction of sp³-hybridized carbons (Fsp3) is 0.600. The Hall–Kier alpha value is -0.0600. The van der Waals surface area contributed by atoms with Crippen molar-refractivity contribution in [1.29, 1.82) is 0 Å². The summed E-state index contributed by atoms with van der Waals surface area (Å²) in [7, 11) is 0. The zero-order valence-corrected chi connectivity index (χ0v) is 15.1. The van der Waals surface area contributed by atoms with Crippen LogP contribution in [-0.2, 0) is 6.54 Å². The number of halogens is 2. The summed E-state index contributed by atoms with van der Waals surface area (Å²) in [6, 6.07) is 4.23. The maximum Gasteiger partial charge on any atom is 0.147 e. The SMILES string of the molecule is CCOc1c(Br)cc(CNCCCC(C)C)cc1Br. The molecule has 0 atom stereocenters. The third-order valence-electron chi connectivity index (χ3n) is 2.81. The van der Waals surface area contributed by atoms with Crippen molar-refractivity contribution in [2.45, 2.75) is 40.2 Å². The van der Waals surface area contributed by atoms with E-state index in [-0.39, 0.29) is 0 Å². The smallest absolute Gasteiger partial charge is 0.147 e. The van der Waals surface area contributed by atoms with Gasteiger partial charge in [0.2, 0.25) is 0 Å². The van der Waals surface area contributed by atoms with Gasteiger partial charge in [0.05, 0.1) is 15.6 Å². The summed E-state index contributed by atoms with van der Waals surface area (Å²) in [5.41, 5.74) is 1.26. The zero-order chi connectivity index (χ0) is 14.3. The lowest BCUT2D eigenvalue weighted by Gasteiger charge is -2.12. The number of hydrogen-bond donors (Lipinski definition) is 1. The summed E-state index contributed by atoms with van der Waals surface area (Å²) in [4.78, 5) is 0. The Kier molecular flexibility index (Phi) is 8.03. The second-order valence-electron chi connectivity index (χ2n) is 5.03. The first kappa shape index (κ1) is 17.0. The van der Waals surface area contributed by atoms with Gasteiger partial charge in [-0.05, 0) is 81.8 Å². The molecule has 0 amide bonds. The molecule has 0 saturated heterocycles. The fourth-order valence-electron chi connectivity index (χ4n) is 1.86. The minimum Gasteiger partial charge on any atom is -0.492 e. The van der Waals surface area contributed by atoms with Crippen LogP contribution in [0.25, 0.3) is 0 Å². The quantitative estimate of drug-likeness (QED) is 0.618. The number of hydrogen-bond acceptors (Lipinski definition) is 2. The number of nitrogens with one attached hydrogen (secondary N) is 1. The topological polar surface area (TPSA) is 21.3 Å². The molecule has 4 heteroatoms. The molecule has 0 aliphatic carbocycles. The Balaban J connectivity index is 2.47. The van der Waals surface area contributed by atoms with Gasteiger partial charge in [-0.2, -0.15) is 0 Å². The molecule has 0 radical (unpaired) electrons. The third kappa shape index (κ3) is 6.28. The predicted octanol–water partition coefficient (Wildman–Crippen LogP) is 5.14. The molecule has 0 saturated carbocycles. The maximum atomic E-state index is 5.58. The lowest BCUT2D eigenvalue weighted by molar-refractivity contribution is 0.336. The molecule has 0 spiro atoms. The van der Waals surface area contributed by atoms with E-state index >= 15 is 0 Å². The highest BCUT2D eigenvalue weighted by Gasteiger charge is 2.08. The zero-order valence-electron chi connectivity index (χ0n) is 11.9. The number of ether oxygens (including phenoxy) is 1. The van der Waals surface area contributed by atoms with Crippen molar-refractivity contribution in [3.8, 4) is 5.75 Å². The van der Waals surface area contributed by atoms with Crippen LogP contribution in [0, 0.1) is 5.92 Å². The summed E-state index contributed by atoms with van der Waals surface area (Å²) < 4.78 is 7.58. The van der Waals surface area contributed by atoms with Crippen LogP contribution in [0.1, 0.15) is 39.2 Å². The normalized spacial score (nSPS) is 11.1. The molecule has 0 bridgehead atoms. The first-order valence-corrected chi connectivity index (χ1v) is 8.44. The molecule has 0 unspecified atom stereocenters. The lowest BCUT2D eigenvalue weighted by Crippen LogP contribution is -2.15. The largest absolute Gasteiger partial charge is 0.492 e. The number of rotatable bonds is 8. The van der Waals surface area contributed by atoms with Crippen LogP contribution < -0.4 is 10.1 Å². The molecule has 108 valence electrons. The summed E-state index contributed by atoms with van der Waals surface area (Å²) in [6.45, 7) is 9.15. The van der Waals surface area contributed by atoms with Crippen molar-refractivity contribution in [2.24, 2.45) is 5.92 Å². The number of benzene rings is 1. The molecule has 19 heavy (non-hydrogen) atoms. The first-order valence-electron chi connectivity index (χ1n) is 6.86. The van der Waals surface area contributed by atoms with Crippen molar-refractivity contribution in [3.05, 3.63) is 26.6 Å². The predicted molar refractivity (Wildman–Crippen MR) is 88.8 cm³/mol. The molecule has 1 N–H and O–H groups in total. The van der Waals surface area contributed by atoms with Crippen LogP contribution in [-0.4, -0.2) is 13.2 Å². The van der Waals surface area contributed by atoms with Gasteiger partial charge >= 0.3 is 0 Å². The molecule has 1 rings (SSSR count). The molecule has 0 heterocycles. The highest BCUT2D eigenvalue weighted by Crippen LogP contribution is 2.34. The summed E-state index contributed by atoms with van der Waals surface area (Å²) in [5.74, 6) is 1.67. The van der Waals surface area contributed by atoms with Gasteiger partial charge in [0.25, 0.3) is 0 Å². The highest BCUT2D eigenvalue weighted by molar-refractivity contribution is 9.11. The Morgan fingerprint density at radius 1 is 1.21 bits per heavy atom. The van der Waals surface area contributed by atoms with E-state index in [1.165, 1.54) is 18.4 Å². The average Bonchev–Trinajstić information content (AvgIpc) is 2.33. The molecular formula is C15H23Br2NO. The standard InChI is InChI=1S/C15H23Br2NO/c1-4-19-15-13(16)8-12(9-14(15)17)10-18-7-5-6-11(2)3/h8-9,11,18H,4-7,10H2,1-3H3. The monoisotopic (exact) mass is 391 g/mol. The van der Waals surface area contributed by atoms with E-state index in [2.05, 4.69) is 63.2 Å². The molecule has 1 aromatic rings. The van der Waals surface area contributed by atoms with E-state index in [9.17, 15) is 0 Å². The van der Waals surface area contributed by atoms with Crippen LogP contribution in [0.4, 0.5) is 0 Å². The van der Waals surface area contributed by atoms with Gasteiger partial charge < -0.3 is 10.1 Å². The molecule has 0 aliphatic heterocycles. The van der Waals surface area contributed by atoms with Crippen molar-refractivity contribution in [2.75, 3.05) is 13.2 Å². The van der Waals surface area contributed by atoms with Gasteiger partial charge in [-0.1, -0.05) is 13.8 Å². The second-order valence-corrected chi connectivity index (χ2v) is 6.74. The van der Waals surface area contributed by atoms with E-state index in [0.717, 1.165) is 33.7 Å². The van der Waals surface area contributed by atoms with Crippen LogP contribution in [0.3, 0.4) is 0 Å². The van der Waals surface area contributed by atoms with E-state index in [1.807, 2.05) is 6.92 Å². The van der Waals surface area contributed by atoms with E-state index in [0.29, 0.717) is 6.61 Å². The van der Waals surface area contributed by atoms with Crippen molar-refractivity contribution in [3.63, 3.8) is 0 Å². The summed E-state index contributed by atoms with van der Waals surface area (Å²) in [6.07, 6.45) is 2.51. The van der Waals surface area contributed by atoms with Gasteiger partial charge in [-0.25, -0.2) is 0 Å². The average molecular weight is 393 g/mol. The van der Waals surface area contributed by atoms with Gasteiger partial charge in [0.15, 0.2) is 0 Å².